The van der Waals surface area contributed by atoms with Gasteiger partial charge in [0.2, 0.25) is 5.88 Å². The fourth-order valence-corrected chi connectivity index (χ4v) is 3.78. The summed E-state index contributed by atoms with van der Waals surface area (Å²) in [7, 11) is 1.82. The predicted octanol–water partition coefficient (Wildman–Crippen LogP) is 4.67. The first-order valence-corrected chi connectivity index (χ1v) is 10.8. The highest BCUT2D eigenvalue weighted by atomic mass is 35.5. The van der Waals surface area contributed by atoms with Gasteiger partial charge in [-0.1, -0.05) is 24.2 Å². The van der Waals surface area contributed by atoms with Gasteiger partial charge in [0.1, 0.15) is 23.9 Å². The zero-order valence-corrected chi connectivity index (χ0v) is 18.7. The molecule has 1 aliphatic rings. The average molecular weight is 451 g/mol. The third-order valence-electron chi connectivity index (χ3n) is 5.57. The Hall–Kier alpha value is -2.38. The van der Waals surface area contributed by atoms with Crippen molar-refractivity contribution in [2.24, 2.45) is 0 Å². The van der Waals surface area contributed by atoms with Crippen LogP contribution in [-0.2, 0) is 0 Å². The van der Waals surface area contributed by atoms with Gasteiger partial charge in [0, 0.05) is 57.8 Å². The van der Waals surface area contributed by atoms with Crippen LogP contribution >= 0.6 is 11.6 Å². The topological polar surface area (TPSA) is 49.4 Å². The SMILES string of the molecule is C=C(c1ccc(F)c(Cl)c1)N1CCC(F)(CNCCOc2ccc(C)c(NC)n2)CC1. The Morgan fingerprint density at radius 2 is 2.03 bits per heavy atom. The molecule has 31 heavy (non-hydrogen) atoms. The Kier molecular flexibility index (Phi) is 7.73. The van der Waals surface area contributed by atoms with Gasteiger partial charge in [0.15, 0.2) is 0 Å². The zero-order chi connectivity index (χ0) is 22.4. The minimum absolute atomic E-state index is 0.0601. The van der Waals surface area contributed by atoms with Crippen molar-refractivity contribution in [2.45, 2.75) is 25.4 Å². The van der Waals surface area contributed by atoms with E-state index in [-0.39, 0.29) is 11.6 Å². The molecule has 0 spiro atoms. The molecule has 168 valence electrons. The van der Waals surface area contributed by atoms with Crippen molar-refractivity contribution in [3.63, 3.8) is 0 Å². The minimum atomic E-state index is -1.28. The van der Waals surface area contributed by atoms with Gasteiger partial charge in [-0.05, 0) is 36.2 Å². The Balaban J connectivity index is 1.40. The summed E-state index contributed by atoms with van der Waals surface area (Å²) in [5.41, 5.74) is 1.25. The Morgan fingerprint density at radius 3 is 2.71 bits per heavy atom. The number of halogens is 3. The van der Waals surface area contributed by atoms with Crippen molar-refractivity contribution >= 4 is 23.1 Å². The molecule has 0 bridgehead atoms. The van der Waals surface area contributed by atoms with Crippen LogP contribution < -0.4 is 15.4 Å². The maximum absolute atomic E-state index is 15.2. The van der Waals surface area contributed by atoms with Gasteiger partial charge >= 0.3 is 0 Å². The monoisotopic (exact) mass is 450 g/mol. The quantitative estimate of drug-likeness (QED) is 0.544. The Morgan fingerprint density at radius 1 is 1.29 bits per heavy atom. The molecule has 2 N–H and O–H groups in total. The fourth-order valence-electron chi connectivity index (χ4n) is 3.60. The Labute approximate surface area is 187 Å². The van der Waals surface area contributed by atoms with Crippen molar-refractivity contribution in [3.8, 4) is 5.88 Å². The number of nitrogens with zero attached hydrogens (tertiary/aromatic N) is 2. The van der Waals surface area contributed by atoms with Crippen LogP contribution in [0.25, 0.3) is 5.70 Å². The summed E-state index contributed by atoms with van der Waals surface area (Å²) in [5.74, 6) is 0.860. The van der Waals surface area contributed by atoms with Crippen LogP contribution in [0.5, 0.6) is 5.88 Å². The molecule has 0 radical (unpaired) electrons. The van der Waals surface area contributed by atoms with E-state index in [1.165, 1.54) is 6.07 Å². The molecule has 1 aromatic heterocycles. The molecule has 0 unspecified atom stereocenters. The molecule has 2 aromatic rings. The highest BCUT2D eigenvalue weighted by molar-refractivity contribution is 6.30. The lowest BCUT2D eigenvalue weighted by atomic mass is 9.92. The van der Waals surface area contributed by atoms with Crippen LogP contribution in [0.2, 0.25) is 5.02 Å². The van der Waals surface area contributed by atoms with Gasteiger partial charge in [-0.2, -0.15) is 4.98 Å². The molecular weight excluding hydrogens is 422 g/mol. The summed E-state index contributed by atoms with van der Waals surface area (Å²) in [4.78, 5) is 6.39. The smallest absolute Gasteiger partial charge is 0.215 e. The maximum Gasteiger partial charge on any atom is 0.215 e. The molecule has 0 aliphatic carbocycles. The number of anilines is 1. The fraction of sp³-hybridized carbons (Fsp3) is 0.435. The number of rotatable bonds is 9. The highest BCUT2D eigenvalue weighted by Gasteiger charge is 2.34. The molecular formula is C23H29ClF2N4O. The molecule has 2 heterocycles. The standard InChI is InChI=1S/C23H29ClF2N4O/c1-16-4-7-21(29-22(16)27-3)31-13-10-28-15-23(26)8-11-30(12-9-23)17(2)18-5-6-20(25)19(24)14-18/h4-7,14,28H,2,8-13,15H2,1,3H3,(H,27,29). The van der Waals surface area contributed by atoms with Crippen molar-refractivity contribution < 1.29 is 13.5 Å². The van der Waals surface area contributed by atoms with E-state index in [4.69, 9.17) is 16.3 Å². The number of alkyl halides is 1. The number of aryl methyl sites for hydroxylation is 1. The van der Waals surface area contributed by atoms with E-state index in [9.17, 15) is 4.39 Å². The zero-order valence-electron chi connectivity index (χ0n) is 18.0. The Bertz CT molecular complexity index is 916. The third-order valence-corrected chi connectivity index (χ3v) is 5.86. The van der Waals surface area contributed by atoms with E-state index >= 15 is 4.39 Å². The molecule has 0 atom stereocenters. The molecule has 5 nitrogen and oxygen atoms in total. The third kappa shape index (κ3) is 6.08. The van der Waals surface area contributed by atoms with Gasteiger partial charge in [-0.15, -0.1) is 0 Å². The van der Waals surface area contributed by atoms with E-state index in [1.807, 2.05) is 31.0 Å². The van der Waals surface area contributed by atoms with Crippen molar-refractivity contribution in [2.75, 3.05) is 45.2 Å². The summed E-state index contributed by atoms with van der Waals surface area (Å²) in [6.45, 7) is 8.34. The normalized spacial score (nSPS) is 15.6. The lowest BCUT2D eigenvalue weighted by molar-refractivity contribution is 0.0795. The molecule has 0 saturated carbocycles. The molecule has 8 heteroatoms. The first-order valence-electron chi connectivity index (χ1n) is 10.4. The minimum Gasteiger partial charge on any atom is -0.476 e. The lowest BCUT2D eigenvalue weighted by Gasteiger charge is -2.38. The largest absolute Gasteiger partial charge is 0.476 e. The van der Waals surface area contributed by atoms with Crippen LogP contribution in [-0.4, -0.2) is 55.4 Å². The van der Waals surface area contributed by atoms with Gasteiger partial charge < -0.3 is 20.3 Å². The first kappa shape index (κ1) is 23.3. The van der Waals surface area contributed by atoms with E-state index in [0.717, 1.165) is 22.6 Å². The molecule has 1 aromatic carbocycles. The van der Waals surface area contributed by atoms with Crippen LogP contribution in [0.15, 0.2) is 36.9 Å². The second kappa shape index (κ2) is 10.3. The summed E-state index contributed by atoms with van der Waals surface area (Å²) < 4.78 is 34.2. The highest BCUT2D eigenvalue weighted by Crippen LogP contribution is 2.31. The second-order valence-corrected chi connectivity index (χ2v) is 8.21. The number of likely N-dealkylation sites (tertiary alicyclic amines) is 1. The summed E-state index contributed by atoms with van der Waals surface area (Å²) in [6.07, 6.45) is 0.777. The van der Waals surface area contributed by atoms with Crippen molar-refractivity contribution in [3.05, 3.63) is 58.9 Å². The molecule has 1 saturated heterocycles. The van der Waals surface area contributed by atoms with Gasteiger partial charge in [0.25, 0.3) is 0 Å². The summed E-state index contributed by atoms with van der Waals surface area (Å²) in [6, 6.07) is 8.29. The van der Waals surface area contributed by atoms with E-state index in [0.29, 0.717) is 45.0 Å². The average Bonchev–Trinajstić information content (AvgIpc) is 2.76. The van der Waals surface area contributed by atoms with Crippen LogP contribution in [0.1, 0.15) is 24.0 Å². The first-order chi connectivity index (χ1) is 14.8. The summed E-state index contributed by atoms with van der Waals surface area (Å²) >= 11 is 5.87. The van der Waals surface area contributed by atoms with E-state index < -0.39 is 11.5 Å². The van der Waals surface area contributed by atoms with Gasteiger partial charge in [-0.3, -0.25) is 0 Å². The number of hydrogen-bond donors (Lipinski definition) is 2. The number of ether oxygens (including phenoxy) is 1. The van der Waals surface area contributed by atoms with Crippen molar-refractivity contribution in [1.82, 2.24) is 15.2 Å². The summed E-state index contributed by atoms with van der Waals surface area (Å²) in [5, 5.41) is 6.23. The number of benzene rings is 1. The molecule has 3 rings (SSSR count). The number of hydrogen-bond acceptors (Lipinski definition) is 5. The van der Waals surface area contributed by atoms with Crippen LogP contribution in [0.3, 0.4) is 0 Å². The number of aromatic nitrogens is 1. The molecule has 1 aliphatic heterocycles. The van der Waals surface area contributed by atoms with E-state index in [2.05, 4.69) is 22.2 Å². The lowest BCUT2D eigenvalue weighted by Crippen LogP contribution is -2.47. The maximum atomic E-state index is 15.2. The second-order valence-electron chi connectivity index (χ2n) is 7.80. The number of pyridine rings is 1. The van der Waals surface area contributed by atoms with Crippen molar-refractivity contribution in [1.29, 1.82) is 0 Å². The number of piperidine rings is 1. The van der Waals surface area contributed by atoms with Crippen LogP contribution in [0, 0.1) is 12.7 Å². The van der Waals surface area contributed by atoms with Gasteiger partial charge in [0.05, 0.1) is 5.02 Å². The van der Waals surface area contributed by atoms with Crippen LogP contribution in [0.4, 0.5) is 14.6 Å². The van der Waals surface area contributed by atoms with E-state index in [1.54, 1.807) is 12.1 Å². The predicted molar refractivity (Wildman–Crippen MR) is 122 cm³/mol. The number of nitrogens with one attached hydrogen (secondary N) is 2. The van der Waals surface area contributed by atoms with Gasteiger partial charge in [-0.25, -0.2) is 8.78 Å². The molecule has 0 amide bonds. The molecule has 1 fully saturated rings.